The molecule has 20 heavy (non-hydrogen) atoms. The van der Waals surface area contributed by atoms with Crippen molar-refractivity contribution in [1.82, 2.24) is 5.32 Å². The highest BCUT2D eigenvalue weighted by atomic mass is 16.6. The Balaban J connectivity index is 2.60. The topological polar surface area (TPSA) is 87.7 Å². The average Bonchev–Trinajstić information content (AvgIpc) is 2.35. The van der Waals surface area contributed by atoms with Gasteiger partial charge in [-0.25, -0.2) is 4.79 Å². The van der Waals surface area contributed by atoms with Gasteiger partial charge in [-0.15, -0.1) is 0 Å². The second-order valence-corrected chi connectivity index (χ2v) is 5.27. The Morgan fingerprint density at radius 2 is 1.80 bits per heavy atom. The SMILES string of the molecule is CC(C)(C)NC(=O)c1ccc(NC(=O)OCCO)cc1. The zero-order valence-electron chi connectivity index (χ0n) is 11.9. The molecule has 1 aromatic rings. The maximum Gasteiger partial charge on any atom is 0.411 e. The third-order valence-electron chi connectivity index (χ3n) is 2.21. The van der Waals surface area contributed by atoms with E-state index in [1.54, 1.807) is 24.3 Å². The molecule has 6 nitrogen and oxygen atoms in total. The van der Waals surface area contributed by atoms with Gasteiger partial charge in [0.25, 0.3) is 5.91 Å². The maximum atomic E-state index is 11.9. The van der Waals surface area contributed by atoms with Crippen LogP contribution in [-0.2, 0) is 4.74 Å². The molecule has 0 fully saturated rings. The van der Waals surface area contributed by atoms with E-state index in [9.17, 15) is 9.59 Å². The molecule has 0 spiro atoms. The van der Waals surface area contributed by atoms with Gasteiger partial charge < -0.3 is 15.2 Å². The zero-order chi connectivity index (χ0) is 15.2. The van der Waals surface area contributed by atoms with E-state index in [1.165, 1.54) is 0 Å². The van der Waals surface area contributed by atoms with Crippen molar-refractivity contribution in [3.05, 3.63) is 29.8 Å². The molecule has 0 aliphatic heterocycles. The monoisotopic (exact) mass is 280 g/mol. The van der Waals surface area contributed by atoms with E-state index in [1.807, 2.05) is 20.8 Å². The van der Waals surface area contributed by atoms with Crippen molar-refractivity contribution in [2.75, 3.05) is 18.5 Å². The lowest BCUT2D eigenvalue weighted by Gasteiger charge is -2.20. The average molecular weight is 280 g/mol. The van der Waals surface area contributed by atoms with E-state index < -0.39 is 6.09 Å². The normalized spacial score (nSPS) is 10.8. The first kappa shape index (κ1) is 16.0. The molecule has 110 valence electrons. The molecule has 6 heteroatoms. The van der Waals surface area contributed by atoms with Crippen molar-refractivity contribution in [1.29, 1.82) is 0 Å². The molecular formula is C14H20N2O4. The zero-order valence-corrected chi connectivity index (χ0v) is 11.9. The van der Waals surface area contributed by atoms with Crippen LogP contribution in [0.5, 0.6) is 0 Å². The lowest BCUT2D eigenvalue weighted by molar-refractivity contribution is 0.0919. The van der Waals surface area contributed by atoms with Crippen LogP contribution in [0.2, 0.25) is 0 Å². The highest BCUT2D eigenvalue weighted by molar-refractivity contribution is 5.95. The molecule has 0 saturated carbocycles. The smallest absolute Gasteiger partial charge is 0.411 e. The standard InChI is InChI=1S/C14H20N2O4/c1-14(2,3)16-12(18)10-4-6-11(7-5-10)15-13(19)20-9-8-17/h4-7,17H,8-9H2,1-3H3,(H,15,19)(H,16,18). The van der Waals surface area contributed by atoms with Gasteiger partial charge in [-0.05, 0) is 45.0 Å². The maximum absolute atomic E-state index is 11.9. The van der Waals surface area contributed by atoms with Crippen molar-refractivity contribution in [2.24, 2.45) is 0 Å². The van der Waals surface area contributed by atoms with Crippen LogP contribution in [0.1, 0.15) is 31.1 Å². The van der Waals surface area contributed by atoms with E-state index in [-0.39, 0.29) is 24.7 Å². The summed E-state index contributed by atoms with van der Waals surface area (Å²) in [6.45, 7) is 5.42. The van der Waals surface area contributed by atoms with E-state index in [0.29, 0.717) is 11.3 Å². The number of ether oxygens (including phenoxy) is 1. The number of carbonyl (C=O) groups excluding carboxylic acids is 2. The minimum atomic E-state index is -0.647. The van der Waals surface area contributed by atoms with Gasteiger partial charge in [0.05, 0.1) is 6.61 Å². The first-order chi connectivity index (χ1) is 9.31. The minimum absolute atomic E-state index is 0.0576. The second kappa shape index (κ2) is 6.91. The number of aliphatic hydroxyl groups is 1. The summed E-state index contributed by atoms with van der Waals surface area (Å²) in [5.74, 6) is -0.174. The van der Waals surface area contributed by atoms with Gasteiger partial charge in [-0.2, -0.15) is 0 Å². The lowest BCUT2D eigenvalue weighted by atomic mass is 10.1. The van der Waals surface area contributed by atoms with Crippen LogP contribution in [0.15, 0.2) is 24.3 Å². The molecule has 0 aliphatic rings. The van der Waals surface area contributed by atoms with Crippen molar-refractivity contribution in [3.63, 3.8) is 0 Å². The van der Waals surface area contributed by atoms with Crippen LogP contribution in [0.3, 0.4) is 0 Å². The quantitative estimate of drug-likeness (QED) is 0.784. The number of aliphatic hydroxyl groups excluding tert-OH is 1. The molecule has 3 N–H and O–H groups in total. The molecule has 2 amide bonds. The molecule has 0 unspecified atom stereocenters. The number of anilines is 1. The van der Waals surface area contributed by atoms with Gasteiger partial charge in [-0.3, -0.25) is 10.1 Å². The van der Waals surface area contributed by atoms with Crippen molar-refractivity contribution >= 4 is 17.7 Å². The highest BCUT2D eigenvalue weighted by Gasteiger charge is 2.15. The number of amides is 2. The third kappa shape index (κ3) is 5.71. The van der Waals surface area contributed by atoms with Crippen LogP contribution in [0.25, 0.3) is 0 Å². The fourth-order valence-corrected chi connectivity index (χ4v) is 1.41. The van der Waals surface area contributed by atoms with E-state index in [0.717, 1.165) is 0 Å². The minimum Gasteiger partial charge on any atom is -0.447 e. The van der Waals surface area contributed by atoms with Gasteiger partial charge in [0, 0.05) is 16.8 Å². The number of benzene rings is 1. The summed E-state index contributed by atoms with van der Waals surface area (Å²) in [4.78, 5) is 23.1. The number of carbonyl (C=O) groups is 2. The van der Waals surface area contributed by atoms with Crippen molar-refractivity contribution < 1.29 is 19.4 Å². The van der Waals surface area contributed by atoms with Crippen LogP contribution in [0.4, 0.5) is 10.5 Å². The predicted octanol–water partition coefficient (Wildman–Crippen LogP) is 1.76. The molecule has 0 saturated heterocycles. The molecule has 0 radical (unpaired) electrons. The van der Waals surface area contributed by atoms with Crippen LogP contribution in [0, 0.1) is 0 Å². The van der Waals surface area contributed by atoms with Gasteiger partial charge in [0.2, 0.25) is 0 Å². The predicted molar refractivity (Wildman–Crippen MR) is 75.7 cm³/mol. The molecule has 1 aromatic carbocycles. The number of hydrogen-bond acceptors (Lipinski definition) is 4. The molecule has 0 bridgehead atoms. The molecule has 0 heterocycles. The van der Waals surface area contributed by atoms with Crippen molar-refractivity contribution in [3.8, 4) is 0 Å². The van der Waals surface area contributed by atoms with Crippen LogP contribution in [-0.4, -0.2) is 35.9 Å². The highest BCUT2D eigenvalue weighted by Crippen LogP contribution is 2.11. The Labute approximate surface area is 118 Å². The van der Waals surface area contributed by atoms with Crippen LogP contribution >= 0.6 is 0 Å². The molecule has 0 aliphatic carbocycles. The first-order valence-corrected chi connectivity index (χ1v) is 6.29. The largest absolute Gasteiger partial charge is 0.447 e. The molecule has 0 atom stereocenters. The van der Waals surface area contributed by atoms with Gasteiger partial charge in [0.15, 0.2) is 0 Å². The van der Waals surface area contributed by atoms with Gasteiger partial charge in [0.1, 0.15) is 6.61 Å². The van der Waals surface area contributed by atoms with E-state index in [2.05, 4.69) is 15.4 Å². The summed E-state index contributed by atoms with van der Waals surface area (Å²) in [6, 6.07) is 6.45. The van der Waals surface area contributed by atoms with E-state index >= 15 is 0 Å². The molecule has 1 rings (SSSR count). The summed E-state index contributed by atoms with van der Waals surface area (Å²) in [5, 5.41) is 13.9. The molecular weight excluding hydrogens is 260 g/mol. The van der Waals surface area contributed by atoms with Gasteiger partial charge >= 0.3 is 6.09 Å². The second-order valence-electron chi connectivity index (χ2n) is 5.27. The fraction of sp³-hybridized carbons (Fsp3) is 0.429. The fourth-order valence-electron chi connectivity index (χ4n) is 1.41. The van der Waals surface area contributed by atoms with Crippen LogP contribution < -0.4 is 10.6 Å². The summed E-state index contributed by atoms with van der Waals surface area (Å²) >= 11 is 0. The van der Waals surface area contributed by atoms with Crippen molar-refractivity contribution in [2.45, 2.75) is 26.3 Å². The summed E-state index contributed by atoms with van der Waals surface area (Å²) in [5.41, 5.74) is 0.719. The number of hydrogen-bond donors (Lipinski definition) is 3. The van der Waals surface area contributed by atoms with E-state index in [4.69, 9.17) is 5.11 Å². The molecule has 0 aromatic heterocycles. The Morgan fingerprint density at radius 3 is 2.30 bits per heavy atom. The summed E-state index contributed by atoms with van der Waals surface area (Å²) in [6.07, 6.45) is -0.647. The van der Waals surface area contributed by atoms with Gasteiger partial charge in [-0.1, -0.05) is 0 Å². The first-order valence-electron chi connectivity index (χ1n) is 6.29. The summed E-state index contributed by atoms with van der Waals surface area (Å²) in [7, 11) is 0. The number of nitrogens with one attached hydrogen (secondary N) is 2. The Kier molecular flexibility index (Phi) is 5.52. The Morgan fingerprint density at radius 1 is 1.20 bits per heavy atom. The third-order valence-corrected chi connectivity index (χ3v) is 2.21. The Bertz CT molecular complexity index is 463. The Hall–Kier alpha value is -2.08. The lowest BCUT2D eigenvalue weighted by Crippen LogP contribution is -2.40. The number of rotatable bonds is 4. The summed E-state index contributed by atoms with van der Waals surface area (Å²) < 4.78 is 4.66.